The van der Waals surface area contributed by atoms with Gasteiger partial charge in [-0.15, -0.1) is 0 Å². The van der Waals surface area contributed by atoms with Gasteiger partial charge in [-0.2, -0.15) is 13.2 Å². The van der Waals surface area contributed by atoms with E-state index in [-0.39, 0.29) is 5.56 Å². The van der Waals surface area contributed by atoms with Crippen LogP contribution in [-0.2, 0) is 15.5 Å². The molecule has 0 spiro atoms. The van der Waals surface area contributed by atoms with Crippen LogP contribution in [-0.4, -0.2) is 24.2 Å². The van der Waals surface area contributed by atoms with Crippen LogP contribution in [0, 0.1) is 6.92 Å². The minimum atomic E-state index is -4.50. The van der Waals surface area contributed by atoms with Crippen molar-refractivity contribution in [2.75, 3.05) is 0 Å². The van der Waals surface area contributed by atoms with Crippen molar-refractivity contribution in [1.29, 1.82) is 0 Å². The van der Waals surface area contributed by atoms with Crippen LogP contribution in [0.1, 0.15) is 67.7 Å². The number of carbonyl (C=O) groups is 1. The van der Waals surface area contributed by atoms with Crippen LogP contribution in [0.15, 0.2) is 42.5 Å². The minimum Gasteiger partial charge on any atom is -0.399 e. The highest BCUT2D eigenvalue weighted by atomic mass is 19.4. The minimum absolute atomic E-state index is 0.0417. The number of alkyl halides is 3. The topological polar surface area (TPSA) is 47.6 Å². The Morgan fingerprint density at radius 3 is 2.23 bits per heavy atom. The maximum Gasteiger partial charge on any atom is 0.495 e. The van der Waals surface area contributed by atoms with E-state index in [2.05, 4.69) is 5.32 Å². The number of amides is 1. The van der Waals surface area contributed by atoms with E-state index in [4.69, 9.17) is 9.31 Å². The molecule has 0 radical (unpaired) electrons. The fourth-order valence-electron chi connectivity index (χ4n) is 3.35. The first-order valence-electron chi connectivity index (χ1n) is 10.2. The van der Waals surface area contributed by atoms with Gasteiger partial charge in [-0.1, -0.05) is 29.8 Å². The van der Waals surface area contributed by atoms with Gasteiger partial charge in [-0.3, -0.25) is 4.79 Å². The molecule has 0 aliphatic carbocycles. The number of hydrogen-bond acceptors (Lipinski definition) is 3. The molecule has 0 unspecified atom stereocenters. The summed E-state index contributed by atoms with van der Waals surface area (Å²) >= 11 is 0. The summed E-state index contributed by atoms with van der Waals surface area (Å²) in [7, 11) is -0.545. The number of nitrogens with one attached hydrogen (secondary N) is 1. The van der Waals surface area contributed by atoms with E-state index in [9.17, 15) is 18.0 Å². The predicted octanol–water partition coefficient (Wildman–Crippen LogP) is 4.80. The molecule has 0 bridgehead atoms. The monoisotopic (exact) mass is 433 g/mol. The summed E-state index contributed by atoms with van der Waals surface area (Å²) in [6.45, 7) is 11.6. The summed E-state index contributed by atoms with van der Waals surface area (Å²) in [5.74, 6) is -0.573. The molecule has 1 aliphatic heterocycles. The molecule has 4 nitrogen and oxygen atoms in total. The second-order valence-corrected chi connectivity index (χ2v) is 8.98. The van der Waals surface area contributed by atoms with Gasteiger partial charge >= 0.3 is 13.3 Å². The van der Waals surface area contributed by atoms with Crippen LogP contribution in [0.4, 0.5) is 13.2 Å². The maximum absolute atomic E-state index is 12.9. The number of benzene rings is 2. The van der Waals surface area contributed by atoms with Crippen molar-refractivity contribution in [2.45, 2.75) is 65.0 Å². The molecule has 1 fully saturated rings. The lowest BCUT2D eigenvalue weighted by atomic mass is 9.75. The Balaban J connectivity index is 1.80. The molecule has 1 atom stereocenters. The van der Waals surface area contributed by atoms with E-state index in [0.29, 0.717) is 0 Å². The maximum atomic E-state index is 12.9. The standard InChI is InChI=1S/C23H27BF3NO3/c1-14-10-11-16(13-19(14)24-30-21(3,4)22(5,6)31-24)15(2)28-20(29)17-8-7-9-18(12-17)23(25,26)27/h7-13,15H,1-6H3,(H,28,29)/t15-/m1/s1. The second-order valence-electron chi connectivity index (χ2n) is 8.98. The lowest BCUT2D eigenvalue weighted by molar-refractivity contribution is -0.137. The summed E-state index contributed by atoms with van der Waals surface area (Å²) in [4.78, 5) is 12.6. The van der Waals surface area contributed by atoms with Crippen LogP contribution in [0.3, 0.4) is 0 Å². The molecule has 2 aromatic rings. The van der Waals surface area contributed by atoms with Gasteiger partial charge in [0.25, 0.3) is 5.91 Å². The smallest absolute Gasteiger partial charge is 0.399 e. The number of carbonyl (C=O) groups excluding carboxylic acids is 1. The molecule has 1 saturated heterocycles. The number of aryl methyl sites for hydroxylation is 1. The van der Waals surface area contributed by atoms with E-state index in [1.165, 1.54) is 12.1 Å². The van der Waals surface area contributed by atoms with E-state index >= 15 is 0 Å². The molecule has 1 aliphatic rings. The van der Waals surface area contributed by atoms with Gasteiger partial charge in [0.05, 0.1) is 22.8 Å². The average molecular weight is 433 g/mol. The highest BCUT2D eigenvalue weighted by molar-refractivity contribution is 6.62. The summed E-state index contributed by atoms with van der Waals surface area (Å²) in [6.07, 6.45) is -4.50. The first kappa shape index (κ1) is 23.4. The third-order valence-corrected chi connectivity index (χ3v) is 6.11. The molecular weight excluding hydrogens is 406 g/mol. The molecule has 166 valence electrons. The number of rotatable bonds is 4. The predicted molar refractivity (Wildman–Crippen MR) is 114 cm³/mol. The van der Waals surface area contributed by atoms with Crippen LogP contribution in [0.25, 0.3) is 0 Å². The molecule has 2 aromatic carbocycles. The van der Waals surface area contributed by atoms with Crippen molar-refractivity contribution in [3.63, 3.8) is 0 Å². The molecule has 0 aromatic heterocycles. The number of hydrogen-bond donors (Lipinski definition) is 1. The Labute approximate surface area is 181 Å². The summed E-state index contributed by atoms with van der Waals surface area (Å²) in [5.41, 5.74) is 0.782. The zero-order valence-corrected chi connectivity index (χ0v) is 18.6. The Morgan fingerprint density at radius 2 is 1.65 bits per heavy atom. The molecule has 8 heteroatoms. The quantitative estimate of drug-likeness (QED) is 0.705. The van der Waals surface area contributed by atoms with Crippen molar-refractivity contribution in [2.24, 2.45) is 0 Å². The second kappa shape index (κ2) is 7.99. The lowest BCUT2D eigenvalue weighted by Crippen LogP contribution is -2.41. The molecule has 3 rings (SSSR count). The molecular formula is C23H27BF3NO3. The summed E-state index contributed by atoms with van der Waals surface area (Å²) in [6, 6.07) is 9.67. The molecule has 0 saturated carbocycles. The third kappa shape index (κ3) is 4.80. The van der Waals surface area contributed by atoms with Gasteiger partial charge in [0.2, 0.25) is 0 Å². The highest BCUT2D eigenvalue weighted by Crippen LogP contribution is 2.37. The van der Waals surface area contributed by atoms with E-state index in [1.807, 2.05) is 52.8 Å². The Kier molecular flexibility index (Phi) is 6.02. The lowest BCUT2D eigenvalue weighted by Gasteiger charge is -2.32. The van der Waals surface area contributed by atoms with Gasteiger partial charge in [0.15, 0.2) is 0 Å². The average Bonchev–Trinajstić information content (AvgIpc) is 2.88. The van der Waals surface area contributed by atoms with Crippen LogP contribution < -0.4 is 10.8 Å². The Morgan fingerprint density at radius 1 is 1.03 bits per heavy atom. The van der Waals surface area contributed by atoms with Crippen molar-refractivity contribution in [3.05, 3.63) is 64.7 Å². The molecule has 31 heavy (non-hydrogen) atoms. The van der Waals surface area contributed by atoms with Gasteiger partial charge in [-0.25, -0.2) is 0 Å². The van der Waals surface area contributed by atoms with Crippen molar-refractivity contribution < 1.29 is 27.3 Å². The summed E-state index contributed by atoms with van der Waals surface area (Å²) < 4.78 is 51.1. The van der Waals surface area contributed by atoms with Gasteiger partial charge < -0.3 is 14.6 Å². The third-order valence-electron chi connectivity index (χ3n) is 6.11. The highest BCUT2D eigenvalue weighted by Gasteiger charge is 2.52. The molecule has 1 heterocycles. The molecule has 1 N–H and O–H groups in total. The first-order valence-corrected chi connectivity index (χ1v) is 10.2. The zero-order chi connectivity index (χ0) is 23.2. The largest absolute Gasteiger partial charge is 0.495 e. The van der Waals surface area contributed by atoms with Crippen molar-refractivity contribution >= 4 is 18.5 Å². The Hall–Kier alpha value is -2.32. The molecule has 1 amide bonds. The fraction of sp³-hybridized carbons (Fsp3) is 0.435. The van der Waals surface area contributed by atoms with Gasteiger partial charge in [0.1, 0.15) is 0 Å². The SMILES string of the molecule is Cc1ccc([C@@H](C)NC(=O)c2cccc(C(F)(F)F)c2)cc1B1OC(C)(C)C(C)(C)O1. The fourth-order valence-corrected chi connectivity index (χ4v) is 3.35. The van der Waals surface area contributed by atoms with E-state index in [0.717, 1.165) is 28.7 Å². The van der Waals surface area contributed by atoms with Crippen molar-refractivity contribution in [3.8, 4) is 0 Å². The first-order chi connectivity index (χ1) is 14.2. The van der Waals surface area contributed by atoms with E-state index < -0.39 is 42.0 Å². The summed E-state index contributed by atoms with van der Waals surface area (Å²) in [5, 5.41) is 2.77. The van der Waals surface area contributed by atoms with Gasteiger partial charge in [0, 0.05) is 5.56 Å². The Bertz CT molecular complexity index is 972. The van der Waals surface area contributed by atoms with Crippen LogP contribution in [0.2, 0.25) is 0 Å². The van der Waals surface area contributed by atoms with E-state index in [1.54, 1.807) is 6.92 Å². The van der Waals surface area contributed by atoms with Crippen LogP contribution >= 0.6 is 0 Å². The van der Waals surface area contributed by atoms with Gasteiger partial charge in [-0.05, 0) is 70.8 Å². The normalized spacial score (nSPS) is 18.7. The van der Waals surface area contributed by atoms with Crippen molar-refractivity contribution in [1.82, 2.24) is 5.32 Å². The number of halogens is 3. The zero-order valence-electron chi connectivity index (χ0n) is 18.6. The van der Waals surface area contributed by atoms with Crippen LogP contribution in [0.5, 0.6) is 0 Å².